The highest BCUT2D eigenvalue weighted by Crippen LogP contribution is 2.16. The second-order valence-electron chi connectivity index (χ2n) is 4.32. The van der Waals surface area contributed by atoms with E-state index in [0.29, 0.717) is 12.4 Å². The summed E-state index contributed by atoms with van der Waals surface area (Å²) in [5, 5.41) is 0. The van der Waals surface area contributed by atoms with Gasteiger partial charge in [-0.05, 0) is 35.4 Å². The molecule has 0 aromatic heterocycles. The minimum absolute atomic E-state index is 0.213. The van der Waals surface area contributed by atoms with Crippen LogP contribution in [0, 0.1) is 5.82 Å². The van der Waals surface area contributed by atoms with Gasteiger partial charge in [-0.1, -0.05) is 24.3 Å². The minimum atomic E-state index is -0.291. The summed E-state index contributed by atoms with van der Waals surface area (Å²) < 4.78 is 23.0. The molecule has 0 heterocycles. The van der Waals surface area contributed by atoms with Gasteiger partial charge in [0.15, 0.2) is 0 Å². The fourth-order valence-electron chi connectivity index (χ4n) is 1.73. The highest BCUT2D eigenvalue weighted by molar-refractivity contribution is 5.72. The summed E-state index contributed by atoms with van der Waals surface area (Å²) in [5.74, 6) is 0.102. The zero-order valence-corrected chi connectivity index (χ0v) is 11.1. The monoisotopic (exact) mass is 274 g/mol. The minimum Gasteiger partial charge on any atom is -0.489 e. The summed E-state index contributed by atoms with van der Waals surface area (Å²) in [4.78, 5) is 11.2. The van der Waals surface area contributed by atoms with Gasteiger partial charge in [0.25, 0.3) is 0 Å². The normalized spacial score (nSPS) is 10.1. The highest BCUT2D eigenvalue weighted by Gasteiger charge is 2.04. The summed E-state index contributed by atoms with van der Waals surface area (Å²) in [7, 11) is 1.36. The van der Waals surface area contributed by atoms with Crippen LogP contribution in [0.5, 0.6) is 5.75 Å². The van der Waals surface area contributed by atoms with Crippen molar-refractivity contribution in [2.45, 2.75) is 13.0 Å². The molecule has 20 heavy (non-hydrogen) atoms. The molecular formula is C16H15FO3. The number of hydrogen-bond donors (Lipinski definition) is 0. The molecule has 0 spiro atoms. The first kappa shape index (κ1) is 14.1. The van der Waals surface area contributed by atoms with E-state index in [1.54, 1.807) is 18.2 Å². The van der Waals surface area contributed by atoms with Crippen LogP contribution in [0.4, 0.5) is 4.39 Å². The molecule has 0 aliphatic rings. The topological polar surface area (TPSA) is 35.5 Å². The van der Waals surface area contributed by atoms with E-state index >= 15 is 0 Å². The molecule has 0 saturated heterocycles. The molecule has 0 radical (unpaired) electrons. The van der Waals surface area contributed by atoms with Crippen molar-refractivity contribution in [3.63, 3.8) is 0 Å². The lowest BCUT2D eigenvalue weighted by molar-refractivity contribution is -0.139. The summed E-state index contributed by atoms with van der Waals surface area (Å²) in [6.07, 6.45) is 0.213. The van der Waals surface area contributed by atoms with Gasteiger partial charge in [0.1, 0.15) is 18.2 Å². The van der Waals surface area contributed by atoms with E-state index in [2.05, 4.69) is 4.74 Å². The van der Waals surface area contributed by atoms with Crippen LogP contribution >= 0.6 is 0 Å². The quantitative estimate of drug-likeness (QED) is 0.786. The fourth-order valence-corrected chi connectivity index (χ4v) is 1.73. The van der Waals surface area contributed by atoms with Crippen LogP contribution in [-0.4, -0.2) is 13.1 Å². The molecule has 0 fully saturated rings. The summed E-state index contributed by atoms with van der Waals surface area (Å²) in [5.41, 5.74) is 1.71. The first-order valence-electron chi connectivity index (χ1n) is 6.20. The van der Waals surface area contributed by atoms with Crippen LogP contribution in [0.2, 0.25) is 0 Å². The Labute approximate surface area is 117 Å². The predicted molar refractivity (Wildman–Crippen MR) is 72.9 cm³/mol. The van der Waals surface area contributed by atoms with Crippen molar-refractivity contribution in [3.8, 4) is 5.75 Å². The lowest BCUT2D eigenvalue weighted by Crippen LogP contribution is -2.04. The Kier molecular flexibility index (Phi) is 4.71. The van der Waals surface area contributed by atoms with E-state index < -0.39 is 0 Å². The molecule has 104 valence electrons. The number of halogens is 1. The maximum atomic E-state index is 12.8. The van der Waals surface area contributed by atoms with Crippen molar-refractivity contribution >= 4 is 5.97 Å². The van der Waals surface area contributed by atoms with Gasteiger partial charge in [-0.3, -0.25) is 4.79 Å². The third-order valence-corrected chi connectivity index (χ3v) is 2.79. The van der Waals surface area contributed by atoms with E-state index in [4.69, 9.17) is 4.74 Å². The Bertz CT molecular complexity index is 579. The Hall–Kier alpha value is -2.36. The van der Waals surface area contributed by atoms with Crippen LogP contribution in [0.3, 0.4) is 0 Å². The summed E-state index contributed by atoms with van der Waals surface area (Å²) in [6.45, 7) is 0.349. The van der Waals surface area contributed by atoms with Crippen molar-refractivity contribution in [2.75, 3.05) is 7.11 Å². The molecule has 2 aromatic carbocycles. The van der Waals surface area contributed by atoms with Crippen molar-refractivity contribution in [1.82, 2.24) is 0 Å². The molecule has 0 unspecified atom stereocenters. The number of benzene rings is 2. The Balaban J connectivity index is 1.97. The van der Waals surface area contributed by atoms with Crippen LogP contribution in [0.15, 0.2) is 48.5 Å². The number of carbonyl (C=O) groups is 1. The van der Waals surface area contributed by atoms with E-state index in [1.807, 2.05) is 18.2 Å². The SMILES string of the molecule is COC(=O)Cc1cccc(OCc2ccc(F)cc2)c1. The lowest BCUT2D eigenvalue weighted by Gasteiger charge is -2.08. The Morgan fingerprint density at radius 2 is 1.85 bits per heavy atom. The molecule has 0 N–H and O–H groups in total. The van der Waals surface area contributed by atoms with Crippen LogP contribution in [0.25, 0.3) is 0 Å². The predicted octanol–water partition coefficient (Wildman–Crippen LogP) is 3.12. The molecule has 2 aromatic rings. The number of carbonyl (C=O) groups excluding carboxylic acids is 1. The largest absolute Gasteiger partial charge is 0.489 e. The van der Waals surface area contributed by atoms with E-state index in [9.17, 15) is 9.18 Å². The first-order chi connectivity index (χ1) is 9.67. The van der Waals surface area contributed by atoms with Gasteiger partial charge >= 0.3 is 5.97 Å². The molecule has 4 heteroatoms. The van der Waals surface area contributed by atoms with Crippen molar-refractivity contribution in [3.05, 3.63) is 65.5 Å². The zero-order chi connectivity index (χ0) is 14.4. The molecule has 0 aliphatic carbocycles. The van der Waals surface area contributed by atoms with Crippen LogP contribution in [0.1, 0.15) is 11.1 Å². The smallest absolute Gasteiger partial charge is 0.309 e. The molecule has 0 amide bonds. The lowest BCUT2D eigenvalue weighted by atomic mass is 10.1. The molecule has 0 saturated carbocycles. The number of rotatable bonds is 5. The third-order valence-electron chi connectivity index (χ3n) is 2.79. The maximum Gasteiger partial charge on any atom is 0.309 e. The average Bonchev–Trinajstić information content (AvgIpc) is 2.47. The molecular weight excluding hydrogens is 259 g/mol. The Morgan fingerprint density at radius 3 is 2.55 bits per heavy atom. The molecule has 2 rings (SSSR count). The van der Waals surface area contributed by atoms with Crippen molar-refractivity contribution in [1.29, 1.82) is 0 Å². The van der Waals surface area contributed by atoms with Gasteiger partial charge < -0.3 is 9.47 Å². The van der Waals surface area contributed by atoms with Gasteiger partial charge in [0.2, 0.25) is 0 Å². The number of hydrogen-bond acceptors (Lipinski definition) is 3. The van der Waals surface area contributed by atoms with Crippen LogP contribution < -0.4 is 4.74 Å². The molecule has 0 atom stereocenters. The van der Waals surface area contributed by atoms with Crippen molar-refractivity contribution in [2.24, 2.45) is 0 Å². The Morgan fingerprint density at radius 1 is 1.10 bits per heavy atom. The van der Waals surface area contributed by atoms with E-state index in [0.717, 1.165) is 11.1 Å². The van der Waals surface area contributed by atoms with Crippen LogP contribution in [-0.2, 0) is 22.6 Å². The van der Waals surface area contributed by atoms with Crippen molar-refractivity contribution < 1.29 is 18.7 Å². The number of methoxy groups -OCH3 is 1. The van der Waals surface area contributed by atoms with Gasteiger partial charge in [0, 0.05) is 0 Å². The highest BCUT2D eigenvalue weighted by atomic mass is 19.1. The van der Waals surface area contributed by atoms with Gasteiger partial charge in [0.05, 0.1) is 13.5 Å². The number of esters is 1. The zero-order valence-electron chi connectivity index (χ0n) is 11.1. The first-order valence-corrected chi connectivity index (χ1v) is 6.20. The van der Waals surface area contributed by atoms with Gasteiger partial charge in [-0.15, -0.1) is 0 Å². The molecule has 0 aliphatic heterocycles. The van der Waals surface area contributed by atoms with E-state index in [1.165, 1.54) is 19.2 Å². The summed E-state index contributed by atoms with van der Waals surface area (Å²) in [6, 6.07) is 13.4. The molecule has 3 nitrogen and oxygen atoms in total. The fraction of sp³-hybridized carbons (Fsp3) is 0.188. The average molecular weight is 274 g/mol. The second-order valence-corrected chi connectivity index (χ2v) is 4.32. The van der Waals surface area contributed by atoms with Gasteiger partial charge in [-0.25, -0.2) is 4.39 Å². The third kappa shape index (κ3) is 4.09. The molecule has 0 bridgehead atoms. The summed E-state index contributed by atoms with van der Waals surface area (Å²) >= 11 is 0. The standard InChI is InChI=1S/C16H15FO3/c1-19-16(18)10-13-3-2-4-15(9-13)20-11-12-5-7-14(17)8-6-12/h2-9H,10-11H2,1H3. The van der Waals surface area contributed by atoms with Gasteiger partial charge in [-0.2, -0.15) is 0 Å². The second kappa shape index (κ2) is 6.70. The maximum absolute atomic E-state index is 12.8. The number of ether oxygens (including phenoxy) is 2. The van der Waals surface area contributed by atoms with E-state index in [-0.39, 0.29) is 18.2 Å².